The van der Waals surface area contributed by atoms with Crippen molar-refractivity contribution in [2.24, 2.45) is 5.73 Å². The van der Waals surface area contributed by atoms with Gasteiger partial charge in [-0.2, -0.15) is 0 Å². The first kappa shape index (κ1) is 15.1. The smallest absolute Gasteiger partial charge is 0.0390 e. The molecule has 20 heavy (non-hydrogen) atoms. The van der Waals surface area contributed by atoms with E-state index in [2.05, 4.69) is 69.3 Å². The van der Waals surface area contributed by atoms with Gasteiger partial charge in [0.2, 0.25) is 0 Å². The van der Waals surface area contributed by atoms with E-state index in [1.165, 1.54) is 21.6 Å². The molecule has 0 fully saturated rings. The molecule has 0 aromatic heterocycles. The van der Waals surface area contributed by atoms with Crippen LogP contribution in [0.15, 0.2) is 53.4 Å². The highest BCUT2D eigenvalue weighted by Crippen LogP contribution is 2.25. The Hall–Kier alpha value is -1.25. The van der Waals surface area contributed by atoms with Gasteiger partial charge < -0.3 is 5.73 Å². The van der Waals surface area contributed by atoms with Gasteiger partial charge in [-0.1, -0.05) is 55.8 Å². The highest BCUT2D eigenvalue weighted by molar-refractivity contribution is 7.99. The summed E-state index contributed by atoms with van der Waals surface area (Å²) in [5, 5.41) is 0. The van der Waals surface area contributed by atoms with Crippen LogP contribution in [0.4, 0.5) is 0 Å². The van der Waals surface area contributed by atoms with E-state index in [-0.39, 0.29) is 6.04 Å². The average molecular weight is 285 g/mol. The minimum absolute atomic E-state index is 0.0849. The maximum absolute atomic E-state index is 6.29. The zero-order valence-electron chi connectivity index (χ0n) is 12.5. The van der Waals surface area contributed by atoms with Crippen molar-refractivity contribution in [1.82, 2.24) is 0 Å². The van der Waals surface area contributed by atoms with Crippen LogP contribution in [-0.4, -0.2) is 5.75 Å². The summed E-state index contributed by atoms with van der Waals surface area (Å²) in [5.41, 5.74) is 10.2. The van der Waals surface area contributed by atoms with Crippen LogP contribution < -0.4 is 5.73 Å². The van der Waals surface area contributed by atoms with Gasteiger partial charge in [0.15, 0.2) is 0 Å². The first-order chi connectivity index (χ1) is 9.56. The van der Waals surface area contributed by atoms with E-state index in [9.17, 15) is 0 Å². The third-order valence-corrected chi connectivity index (χ3v) is 4.56. The highest BCUT2D eigenvalue weighted by atomic mass is 32.2. The van der Waals surface area contributed by atoms with Gasteiger partial charge in [-0.05, 0) is 36.1 Å². The van der Waals surface area contributed by atoms with Crippen LogP contribution in [0.2, 0.25) is 0 Å². The molecule has 106 valence electrons. The number of aryl methyl sites for hydroxylation is 1. The summed E-state index contributed by atoms with van der Waals surface area (Å²) in [4.78, 5) is 1.29. The molecular formula is C18H23NS. The summed E-state index contributed by atoms with van der Waals surface area (Å²) in [6, 6.07) is 17.4. The van der Waals surface area contributed by atoms with Crippen molar-refractivity contribution in [3.63, 3.8) is 0 Å². The van der Waals surface area contributed by atoms with Crippen molar-refractivity contribution >= 4 is 11.8 Å². The summed E-state index contributed by atoms with van der Waals surface area (Å²) < 4.78 is 0. The van der Waals surface area contributed by atoms with Crippen LogP contribution in [0.1, 0.15) is 42.5 Å². The lowest BCUT2D eigenvalue weighted by Crippen LogP contribution is -2.12. The predicted molar refractivity (Wildman–Crippen MR) is 89.4 cm³/mol. The van der Waals surface area contributed by atoms with E-state index in [1.807, 2.05) is 11.8 Å². The number of hydrogen-bond acceptors (Lipinski definition) is 2. The molecule has 1 atom stereocenters. The Morgan fingerprint density at radius 2 is 1.65 bits per heavy atom. The van der Waals surface area contributed by atoms with Crippen LogP contribution in [0, 0.1) is 6.92 Å². The standard InChI is InChI=1S/C18H23NS/c1-13(2)15-7-9-16(10-8-15)18(19)12-20-17-6-4-5-14(3)11-17/h4-11,13,18H,12,19H2,1-3H3. The van der Waals surface area contributed by atoms with E-state index in [1.54, 1.807) is 0 Å². The lowest BCUT2D eigenvalue weighted by atomic mass is 10.00. The fraction of sp³-hybridized carbons (Fsp3) is 0.333. The van der Waals surface area contributed by atoms with Gasteiger partial charge in [-0.15, -0.1) is 11.8 Å². The third-order valence-electron chi connectivity index (χ3n) is 3.45. The first-order valence-electron chi connectivity index (χ1n) is 7.11. The van der Waals surface area contributed by atoms with Crippen molar-refractivity contribution in [1.29, 1.82) is 0 Å². The van der Waals surface area contributed by atoms with Gasteiger partial charge in [0.1, 0.15) is 0 Å². The van der Waals surface area contributed by atoms with Crippen LogP contribution in [0.25, 0.3) is 0 Å². The van der Waals surface area contributed by atoms with Crippen molar-refractivity contribution in [2.45, 2.75) is 37.6 Å². The van der Waals surface area contributed by atoms with Crippen molar-refractivity contribution in [3.8, 4) is 0 Å². The molecule has 0 spiro atoms. The molecule has 0 aliphatic carbocycles. The maximum Gasteiger partial charge on any atom is 0.0390 e. The molecule has 2 rings (SSSR count). The first-order valence-corrected chi connectivity index (χ1v) is 8.09. The number of hydrogen-bond donors (Lipinski definition) is 1. The van der Waals surface area contributed by atoms with Gasteiger partial charge in [-0.3, -0.25) is 0 Å². The Bertz CT molecular complexity index is 546. The molecule has 1 unspecified atom stereocenters. The van der Waals surface area contributed by atoms with Gasteiger partial charge in [0.05, 0.1) is 0 Å². The third kappa shape index (κ3) is 4.12. The summed E-state index contributed by atoms with van der Waals surface area (Å²) in [6.07, 6.45) is 0. The predicted octanol–water partition coefficient (Wildman–Crippen LogP) is 4.91. The second kappa shape index (κ2) is 6.96. The monoisotopic (exact) mass is 285 g/mol. The highest BCUT2D eigenvalue weighted by Gasteiger charge is 2.07. The van der Waals surface area contributed by atoms with E-state index < -0.39 is 0 Å². The summed E-state index contributed by atoms with van der Waals surface area (Å²) in [6.45, 7) is 6.54. The quantitative estimate of drug-likeness (QED) is 0.790. The summed E-state index contributed by atoms with van der Waals surface area (Å²) >= 11 is 1.82. The van der Waals surface area contributed by atoms with Crippen molar-refractivity contribution < 1.29 is 0 Å². The van der Waals surface area contributed by atoms with E-state index in [0.29, 0.717) is 5.92 Å². The van der Waals surface area contributed by atoms with Gasteiger partial charge in [0, 0.05) is 16.7 Å². The molecule has 2 aromatic carbocycles. The zero-order valence-corrected chi connectivity index (χ0v) is 13.3. The molecular weight excluding hydrogens is 262 g/mol. The Morgan fingerprint density at radius 3 is 2.25 bits per heavy atom. The lowest BCUT2D eigenvalue weighted by Gasteiger charge is -2.13. The zero-order chi connectivity index (χ0) is 14.5. The van der Waals surface area contributed by atoms with Gasteiger partial charge >= 0.3 is 0 Å². The molecule has 0 aliphatic heterocycles. The van der Waals surface area contributed by atoms with Crippen LogP contribution in [-0.2, 0) is 0 Å². The van der Waals surface area contributed by atoms with E-state index >= 15 is 0 Å². The second-order valence-electron chi connectivity index (χ2n) is 5.56. The van der Waals surface area contributed by atoms with Crippen molar-refractivity contribution in [2.75, 3.05) is 5.75 Å². The summed E-state index contributed by atoms with van der Waals surface area (Å²) in [7, 11) is 0. The fourth-order valence-electron chi connectivity index (χ4n) is 2.12. The number of rotatable bonds is 5. The van der Waals surface area contributed by atoms with Crippen LogP contribution >= 0.6 is 11.8 Å². The van der Waals surface area contributed by atoms with E-state index in [0.717, 1.165) is 5.75 Å². The second-order valence-corrected chi connectivity index (χ2v) is 6.65. The average Bonchev–Trinajstić information content (AvgIpc) is 2.45. The topological polar surface area (TPSA) is 26.0 Å². The lowest BCUT2D eigenvalue weighted by molar-refractivity contribution is 0.822. The molecule has 1 nitrogen and oxygen atoms in total. The Balaban J connectivity index is 1.96. The number of benzene rings is 2. The molecule has 0 saturated heterocycles. The summed E-state index contributed by atoms with van der Waals surface area (Å²) in [5.74, 6) is 1.48. The molecule has 2 heteroatoms. The van der Waals surface area contributed by atoms with Gasteiger partial charge in [-0.25, -0.2) is 0 Å². The number of thioether (sulfide) groups is 1. The molecule has 2 N–H and O–H groups in total. The fourth-order valence-corrected chi connectivity index (χ4v) is 3.12. The Labute approximate surface area is 126 Å². The SMILES string of the molecule is Cc1cccc(SCC(N)c2ccc(C(C)C)cc2)c1. The minimum Gasteiger partial charge on any atom is -0.323 e. The Morgan fingerprint density at radius 1 is 1.00 bits per heavy atom. The Kier molecular flexibility index (Phi) is 5.27. The molecule has 0 radical (unpaired) electrons. The largest absolute Gasteiger partial charge is 0.323 e. The maximum atomic E-state index is 6.29. The molecule has 0 heterocycles. The van der Waals surface area contributed by atoms with E-state index in [4.69, 9.17) is 5.73 Å². The minimum atomic E-state index is 0.0849. The number of nitrogens with two attached hydrogens (primary N) is 1. The normalized spacial score (nSPS) is 12.7. The molecule has 2 aromatic rings. The van der Waals surface area contributed by atoms with Crippen molar-refractivity contribution in [3.05, 3.63) is 65.2 Å². The molecule has 0 bridgehead atoms. The molecule has 0 amide bonds. The van der Waals surface area contributed by atoms with Crippen LogP contribution in [0.3, 0.4) is 0 Å². The molecule has 0 saturated carbocycles. The molecule has 0 aliphatic rings. The van der Waals surface area contributed by atoms with Crippen LogP contribution in [0.5, 0.6) is 0 Å². The van der Waals surface area contributed by atoms with Gasteiger partial charge in [0.25, 0.3) is 0 Å².